The SMILES string of the molecule is COc1ccc(S(=O)(=O)N[C@H](C)C(=O)NC2CCCCCCC2)cc1OC. The molecule has 0 unspecified atom stereocenters. The molecule has 27 heavy (non-hydrogen) atoms. The average molecular weight is 399 g/mol. The Bertz CT molecular complexity index is 728. The molecule has 7 nitrogen and oxygen atoms in total. The number of ether oxygens (including phenoxy) is 2. The van der Waals surface area contributed by atoms with Crippen molar-refractivity contribution < 1.29 is 22.7 Å². The third kappa shape index (κ3) is 6.10. The van der Waals surface area contributed by atoms with Gasteiger partial charge in [0, 0.05) is 12.1 Å². The van der Waals surface area contributed by atoms with Crippen molar-refractivity contribution >= 4 is 15.9 Å². The van der Waals surface area contributed by atoms with Gasteiger partial charge in [-0.3, -0.25) is 4.79 Å². The lowest BCUT2D eigenvalue weighted by Crippen LogP contribution is -2.48. The maximum Gasteiger partial charge on any atom is 0.241 e. The summed E-state index contributed by atoms with van der Waals surface area (Å²) in [6.07, 6.45) is 7.71. The first-order chi connectivity index (χ1) is 12.9. The molecule has 8 heteroatoms. The van der Waals surface area contributed by atoms with E-state index >= 15 is 0 Å². The summed E-state index contributed by atoms with van der Waals surface area (Å²) in [5.74, 6) is 0.447. The van der Waals surface area contributed by atoms with Crippen molar-refractivity contribution in [3.8, 4) is 11.5 Å². The summed E-state index contributed by atoms with van der Waals surface area (Å²) in [6, 6.07) is 3.57. The standard InChI is InChI=1S/C19H30N2O5S/c1-14(19(22)20-15-9-7-5-4-6-8-10-15)21-27(23,24)16-11-12-17(25-2)18(13-16)26-3/h11-15,21H,4-10H2,1-3H3,(H,20,22)/t14-/m1/s1. The van der Waals surface area contributed by atoms with E-state index in [9.17, 15) is 13.2 Å². The molecule has 2 N–H and O–H groups in total. The van der Waals surface area contributed by atoms with Crippen molar-refractivity contribution in [3.05, 3.63) is 18.2 Å². The fourth-order valence-electron chi connectivity index (χ4n) is 3.26. The van der Waals surface area contributed by atoms with E-state index in [-0.39, 0.29) is 16.8 Å². The molecule has 1 saturated carbocycles. The molecule has 1 aromatic rings. The monoisotopic (exact) mass is 398 g/mol. The molecule has 0 spiro atoms. The van der Waals surface area contributed by atoms with Gasteiger partial charge in [-0.2, -0.15) is 4.72 Å². The van der Waals surface area contributed by atoms with Crippen LogP contribution in [0.25, 0.3) is 0 Å². The van der Waals surface area contributed by atoms with Crippen molar-refractivity contribution in [1.29, 1.82) is 0 Å². The molecule has 1 amide bonds. The molecule has 0 aromatic heterocycles. The zero-order valence-corrected chi connectivity index (χ0v) is 17.1. The largest absolute Gasteiger partial charge is 0.493 e. The van der Waals surface area contributed by atoms with E-state index in [1.54, 1.807) is 6.92 Å². The van der Waals surface area contributed by atoms with Crippen LogP contribution in [-0.4, -0.2) is 40.6 Å². The number of methoxy groups -OCH3 is 2. The number of sulfonamides is 1. The van der Waals surface area contributed by atoms with Crippen molar-refractivity contribution in [1.82, 2.24) is 10.0 Å². The Morgan fingerprint density at radius 3 is 2.22 bits per heavy atom. The van der Waals surface area contributed by atoms with Crippen LogP contribution >= 0.6 is 0 Å². The van der Waals surface area contributed by atoms with Gasteiger partial charge in [-0.1, -0.05) is 32.1 Å². The van der Waals surface area contributed by atoms with Gasteiger partial charge in [0.1, 0.15) is 0 Å². The lowest BCUT2D eigenvalue weighted by molar-refractivity contribution is -0.123. The van der Waals surface area contributed by atoms with Crippen molar-refractivity contribution in [2.24, 2.45) is 0 Å². The second-order valence-electron chi connectivity index (χ2n) is 6.91. The number of hydrogen-bond donors (Lipinski definition) is 2. The quantitative estimate of drug-likeness (QED) is 0.736. The number of benzene rings is 1. The lowest BCUT2D eigenvalue weighted by atomic mass is 9.96. The van der Waals surface area contributed by atoms with Gasteiger partial charge in [0.05, 0.1) is 25.2 Å². The van der Waals surface area contributed by atoms with E-state index in [2.05, 4.69) is 10.0 Å². The van der Waals surface area contributed by atoms with Gasteiger partial charge in [0.25, 0.3) is 0 Å². The van der Waals surface area contributed by atoms with Crippen molar-refractivity contribution in [2.75, 3.05) is 14.2 Å². The summed E-state index contributed by atoms with van der Waals surface area (Å²) >= 11 is 0. The Kier molecular flexibility index (Phi) is 7.91. The summed E-state index contributed by atoms with van der Waals surface area (Å²) in [5.41, 5.74) is 0. The topological polar surface area (TPSA) is 93.7 Å². The molecule has 1 atom stereocenters. The summed E-state index contributed by atoms with van der Waals surface area (Å²) in [6.45, 7) is 1.55. The predicted octanol–water partition coefficient (Wildman–Crippen LogP) is 2.60. The minimum Gasteiger partial charge on any atom is -0.493 e. The average Bonchev–Trinajstić information content (AvgIpc) is 2.62. The van der Waals surface area contributed by atoms with Gasteiger partial charge < -0.3 is 14.8 Å². The zero-order chi connectivity index (χ0) is 19.9. The molecule has 1 aliphatic rings. The first-order valence-corrected chi connectivity index (χ1v) is 10.9. The molecule has 0 bridgehead atoms. The van der Waals surface area contributed by atoms with Crippen LogP contribution in [0.4, 0.5) is 0 Å². The minimum absolute atomic E-state index is 0.0192. The summed E-state index contributed by atoms with van der Waals surface area (Å²) in [7, 11) is -0.947. The maximum atomic E-state index is 12.6. The predicted molar refractivity (Wildman–Crippen MR) is 104 cm³/mol. The van der Waals surface area contributed by atoms with E-state index in [4.69, 9.17) is 9.47 Å². The van der Waals surface area contributed by atoms with Crippen LogP contribution in [0.5, 0.6) is 11.5 Å². The van der Waals surface area contributed by atoms with E-state index in [0.29, 0.717) is 11.5 Å². The number of hydrogen-bond acceptors (Lipinski definition) is 5. The molecule has 2 rings (SSSR count). The Labute approximate surface area is 161 Å². The fourth-order valence-corrected chi connectivity index (χ4v) is 4.48. The third-order valence-corrected chi connectivity index (χ3v) is 6.38. The Hall–Kier alpha value is -1.80. The molecule has 1 aliphatic carbocycles. The highest BCUT2D eigenvalue weighted by Gasteiger charge is 2.25. The molecule has 1 aromatic carbocycles. The van der Waals surface area contributed by atoms with Crippen LogP contribution < -0.4 is 19.5 Å². The first-order valence-electron chi connectivity index (χ1n) is 9.42. The summed E-state index contributed by atoms with van der Waals surface area (Å²) in [5, 5.41) is 2.99. The van der Waals surface area contributed by atoms with E-state index in [0.717, 1.165) is 25.7 Å². The van der Waals surface area contributed by atoms with Crippen LogP contribution in [0.1, 0.15) is 51.9 Å². The Morgan fingerprint density at radius 2 is 1.63 bits per heavy atom. The second-order valence-corrected chi connectivity index (χ2v) is 8.62. The normalized spacial score (nSPS) is 17.4. The van der Waals surface area contributed by atoms with Crippen LogP contribution in [-0.2, 0) is 14.8 Å². The molecular weight excluding hydrogens is 368 g/mol. The highest BCUT2D eigenvalue weighted by molar-refractivity contribution is 7.89. The summed E-state index contributed by atoms with van der Waals surface area (Å²) < 4.78 is 38.0. The number of nitrogens with one attached hydrogen (secondary N) is 2. The first kappa shape index (κ1) is 21.5. The second kappa shape index (κ2) is 9.94. The number of amides is 1. The number of carbonyl (C=O) groups is 1. The fraction of sp³-hybridized carbons (Fsp3) is 0.632. The lowest BCUT2D eigenvalue weighted by Gasteiger charge is -2.23. The van der Waals surface area contributed by atoms with Gasteiger partial charge >= 0.3 is 0 Å². The third-order valence-electron chi connectivity index (χ3n) is 4.84. The summed E-state index contributed by atoms with van der Waals surface area (Å²) in [4.78, 5) is 12.5. The molecule has 152 valence electrons. The van der Waals surface area contributed by atoms with E-state index < -0.39 is 16.1 Å². The molecule has 0 heterocycles. The number of carbonyl (C=O) groups excluding carboxylic acids is 1. The highest BCUT2D eigenvalue weighted by atomic mass is 32.2. The van der Waals surface area contributed by atoms with Gasteiger partial charge in [0.15, 0.2) is 11.5 Å². The molecule has 0 aliphatic heterocycles. The van der Waals surface area contributed by atoms with E-state index in [1.807, 2.05) is 0 Å². The van der Waals surface area contributed by atoms with Crippen LogP contribution in [0.15, 0.2) is 23.1 Å². The van der Waals surface area contributed by atoms with Crippen LogP contribution in [0, 0.1) is 0 Å². The van der Waals surface area contributed by atoms with E-state index in [1.165, 1.54) is 51.7 Å². The van der Waals surface area contributed by atoms with Gasteiger partial charge in [-0.25, -0.2) is 8.42 Å². The van der Waals surface area contributed by atoms with Crippen molar-refractivity contribution in [3.63, 3.8) is 0 Å². The molecular formula is C19H30N2O5S. The van der Waals surface area contributed by atoms with Crippen molar-refractivity contribution in [2.45, 2.75) is 68.8 Å². The minimum atomic E-state index is -3.86. The Balaban J connectivity index is 2.02. The van der Waals surface area contributed by atoms with Gasteiger partial charge in [0.2, 0.25) is 15.9 Å². The smallest absolute Gasteiger partial charge is 0.241 e. The van der Waals surface area contributed by atoms with Crippen LogP contribution in [0.3, 0.4) is 0 Å². The molecule has 0 saturated heterocycles. The number of rotatable bonds is 7. The highest BCUT2D eigenvalue weighted by Crippen LogP contribution is 2.29. The van der Waals surface area contributed by atoms with Crippen LogP contribution in [0.2, 0.25) is 0 Å². The maximum absolute atomic E-state index is 12.6. The van der Waals surface area contributed by atoms with Gasteiger partial charge in [-0.05, 0) is 31.9 Å². The Morgan fingerprint density at radius 1 is 1.04 bits per heavy atom. The molecule has 1 fully saturated rings. The van der Waals surface area contributed by atoms with Gasteiger partial charge in [-0.15, -0.1) is 0 Å². The zero-order valence-electron chi connectivity index (χ0n) is 16.3. The molecule has 0 radical (unpaired) electrons.